The van der Waals surface area contributed by atoms with Crippen LogP contribution in [-0.4, -0.2) is 29.3 Å². The first-order valence-corrected chi connectivity index (χ1v) is 7.55. The fourth-order valence-electron chi connectivity index (χ4n) is 2.09. The van der Waals surface area contributed by atoms with Gasteiger partial charge in [0.1, 0.15) is 5.75 Å². The molecule has 5 heteroatoms. The molecule has 0 saturated heterocycles. The minimum absolute atomic E-state index is 0.0160. The average Bonchev–Trinajstić information content (AvgIpc) is 2.45. The molecule has 0 spiro atoms. The largest absolute Gasteiger partial charge is 0.508 e. The molecule has 4 N–H and O–H groups in total. The highest BCUT2D eigenvalue weighted by Gasteiger charge is 2.11. The van der Waals surface area contributed by atoms with Crippen molar-refractivity contribution < 1.29 is 15.0 Å². The lowest BCUT2D eigenvalue weighted by Crippen LogP contribution is -2.20. The second kappa shape index (κ2) is 9.37. The Morgan fingerprint density at radius 3 is 2.76 bits per heavy atom. The van der Waals surface area contributed by atoms with Gasteiger partial charge in [0.15, 0.2) is 0 Å². The molecule has 0 aliphatic rings. The van der Waals surface area contributed by atoms with Gasteiger partial charge in [-0.3, -0.25) is 4.79 Å². The van der Waals surface area contributed by atoms with Crippen LogP contribution in [0.2, 0.25) is 0 Å². The number of aliphatic hydroxyl groups is 1. The van der Waals surface area contributed by atoms with Crippen LogP contribution in [0.4, 0.5) is 5.69 Å². The molecule has 1 unspecified atom stereocenters. The standard InChI is InChI=1S/C16H26N2O3/c1-3-6-16(21)18-13-7-8-15(20)14(11-13)12(2)17-9-4-5-10-19/h7-8,11-12,17,19-20H,3-6,9-10H2,1-2H3,(H,18,21). The summed E-state index contributed by atoms with van der Waals surface area (Å²) >= 11 is 0. The Labute approximate surface area is 126 Å². The third-order valence-electron chi connectivity index (χ3n) is 3.29. The molecule has 1 atom stereocenters. The topological polar surface area (TPSA) is 81.6 Å². The predicted octanol–water partition coefficient (Wildman–Crippen LogP) is 2.55. The van der Waals surface area contributed by atoms with Crippen LogP contribution in [0.1, 0.15) is 51.1 Å². The maximum Gasteiger partial charge on any atom is 0.224 e. The maximum absolute atomic E-state index is 11.6. The normalized spacial score (nSPS) is 12.1. The lowest BCUT2D eigenvalue weighted by atomic mass is 10.1. The van der Waals surface area contributed by atoms with E-state index in [1.807, 2.05) is 13.8 Å². The minimum atomic E-state index is -0.0216. The van der Waals surface area contributed by atoms with Gasteiger partial charge in [0.2, 0.25) is 5.91 Å². The number of carbonyl (C=O) groups is 1. The molecule has 1 aromatic rings. The van der Waals surface area contributed by atoms with E-state index in [9.17, 15) is 9.90 Å². The Bertz CT molecular complexity index is 449. The summed E-state index contributed by atoms with van der Waals surface area (Å²) in [6.07, 6.45) is 2.94. The number of hydrogen-bond acceptors (Lipinski definition) is 4. The number of unbranched alkanes of at least 4 members (excludes halogenated alkanes) is 1. The van der Waals surface area contributed by atoms with Gasteiger partial charge in [0.05, 0.1) is 0 Å². The molecule has 0 aliphatic heterocycles. The molecular weight excluding hydrogens is 268 g/mol. The summed E-state index contributed by atoms with van der Waals surface area (Å²) in [7, 11) is 0. The van der Waals surface area contributed by atoms with E-state index in [1.165, 1.54) is 0 Å². The van der Waals surface area contributed by atoms with E-state index in [4.69, 9.17) is 5.11 Å². The molecule has 0 radical (unpaired) electrons. The van der Waals surface area contributed by atoms with Crippen molar-refractivity contribution in [2.45, 2.75) is 45.6 Å². The third-order valence-corrected chi connectivity index (χ3v) is 3.29. The van der Waals surface area contributed by atoms with Crippen LogP contribution < -0.4 is 10.6 Å². The van der Waals surface area contributed by atoms with Crippen LogP contribution in [-0.2, 0) is 4.79 Å². The highest BCUT2D eigenvalue weighted by Crippen LogP contribution is 2.27. The van der Waals surface area contributed by atoms with Crippen molar-refractivity contribution in [2.75, 3.05) is 18.5 Å². The van der Waals surface area contributed by atoms with Crippen LogP contribution in [0.25, 0.3) is 0 Å². The van der Waals surface area contributed by atoms with Crippen molar-refractivity contribution in [3.05, 3.63) is 23.8 Å². The lowest BCUT2D eigenvalue weighted by Gasteiger charge is -2.17. The summed E-state index contributed by atoms with van der Waals surface area (Å²) in [5.41, 5.74) is 1.46. The quantitative estimate of drug-likeness (QED) is 0.417. The first-order valence-electron chi connectivity index (χ1n) is 7.55. The number of carbonyl (C=O) groups excluding carboxylic acids is 1. The summed E-state index contributed by atoms with van der Waals surface area (Å²) in [5.74, 6) is 0.198. The zero-order valence-electron chi connectivity index (χ0n) is 12.9. The first-order chi connectivity index (χ1) is 10.1. The molecule has 5 nitrogen and oxygen atoms in total. The van der Waals surface area contributed by atoms with Gasteiger partial charge in [-0.2, -0.15) is 0 Å². The van der Waals surface area contributed by atoms with Crippen molar-refractivity contribution in [2.24, 2.45) is 0 Å². The van der Waals surface area contributed by atoms with E-state index in [0.29, 0.717) is 12.1 Å². The summed E-state index contributed by atoms with van der Waals surface area (Å²) in [4.78, 5) is 11.6. The molecule has 21 heavy (non-hydrogen) atoms. The van der Waals surface area contributed by atoms with Gasteiger partial charge in [-0.05, 0) is 50.9 Å². The number of benzene rings is 1. The van der Waals surface area contributed by atoms with Gasteiger partial charge in [-0.25, -0.2) is 0 Å². The monoisotopic (exact) mass is 294 g/mol. The summed E-state index contributed by atoms with van der Waals surface area (Å²) in [6, 6.07) is 5.08. The SMILES string of the molecule is CCCC(=O)Nc1ccc(O)c(C(C)NCCCCO)c1. The van der Waals surface area contributed by atoms with E-state index < -0.39 is 0 Å². The van der Waals surface area contributed by atoms with Crippen molar-refractivity contribution >= 4 is 11.6 Å². The van der Waals surface area contributed by atoms with Crippen LogP contribution in [0.5, 0.6) is 5.75 Å². The Morgan fingerprint density at radius 1 is 1.33 bits per heavy atom. The summed E-state index contributed by atoms with van der Waals surface area (Å²) < 4.78 is 0. The van der Waals surface area contributed by atoms with Crippen LogP contribution in [0, 0.1) is 0 Å². The summed E-state index contributed by atoms with van der Waals surface area (Å²) in [6.45, 7) is 4.89. The van der Waals surface area contributed by atoms with Gasteiger partial charge in [-0.15, -0.1) is 0 Å². The molecule has 1 rings (SSSR count). The number of amides is 1. The van der Waals surface area contributed by atoms with E-state index in [1.54, 1.807) is 18.2 Å². The highest BCUT2D eigenvalue weighted by atomic mass is 16.3. The average molecular weight is 294 g/mol. The zero-order chi connectivity index (χ0) is 15.7. The number of rotatable bonds is 9. The van der Waals surface area contributed by atoms with Crippen LogP contribution in [0.3, 0.4) is 0 Å². The summed E-state index contributed by atoms with van der Waals surface area (Å²) in [5, 5.41) is 24.8. The Hall–Kier alpha value is -1.59. The minimum Gasteiger partial charge on any atom is -0.508 e. The Morgan fingerprint density at radius 2 is 2.10 bits per heavy atom. The molecule has 1 amide bonds. The molecule has 0 heterocycles. The number of aromatic hydroxyl groups is 1. The van der Waals surface area contributed by atoms with Crippen LogP contribution >= 0.6 is 0 Å². The van der Waals surface area contributed by atoms with E-state index >= 15 is 0 Å². The van der Waals surface area contributed by atoms with E-state index in [0.717, 1.165) is 31.4 Å². The van der Waals surface area contributed by atoms with Gasteiger partial charge in [-0.1, -0.05) is 6.92 Å². The van der Waals surface area contributed by atoms with Crippen molar-refractivity contribution in [3.63, 3.8) is 0 Å². The van der Waals surface area contributed by atoms with Crippen molar-refractivity contribution in [3.8, 4) is 5.75 Å². The van der Waals surface area contributed by atoms with Crippen molar-refractivity contribution in [1.29, 1.82) is 0 Å². The molecule has 0 aliphatic carbocycles. The molecule has 0 fully saturated rings. The smallest absolute Gasteiger partial charge is 0.224 e. The van der Waals surface area contributed by atoms with Crippen molar-refractivity contribution in [1.82, 2.24) is 5.32 Å². The molecule has 0 aromatic heterocycles. The fourth-order valence-corrected chi connectivity index (χ4v) is 2.09. The number of hydrogen-bond donors (Lipinski definition) is 4. The third kappa shape index (κ3) is 6.14. The number of phenols is 1. The number of aliphatic hydroxyl groups excluding tert-OH is 1. The maximum atomic E-state index is 11.6. The van der Waals surface area contributed by atoms with Gasteiger partial charge < -0.3 is 20.8 Å². The molecule has 118 valence electrons. The lowest BCUT2D eigenvalue weighted by molar-refractivity contribution is -0.116. The van der Waals surface area contributed by atoms with Crippen LogP contribution in [0.15, 0.2) is 18.2 Å². The number of phenolic OH excluding ortho intramolecular Hbond substituents is 1. The zero-order valence-corrected chi connectivity index (χ0v) is 12.9. The second-order valence-electron chi connectivity index (χ2n) is 5.18. The molecule has 0 saturated carbocycles. The Balaban J connectivity index is 2.65. The van der Waals surface area contributed by atoms with Gasteiger partial charge >= 0.3 is 0 Å². The van der Waals surface area contributed by atoms with E-state index in [2.05, 4.69) is 10.6 Å². The fraction of sp³-hybridized carbons (Fsp3) is 0.562. The number of nitrogens with one attached hydrogen (secondary N) is 2. The molecule has 1 aromatic carbocycles. The number of anilines is 1. The predicted molar refractivity (Wildman–Crippen MR) is 84.4 cm³/mol. The van der Waals surface area contributed by atoms with Gasteiger partial charge in [0, 0.05) is 30.3 Å². The highest BCUT2D eigenvalue weighted by molar-refractivity contribution is 5.90. The second-order valence-corrected chi connectivity index (χ2v) is 5.18. The van der Waals surface area contributed by atoms with E-state index in [-0.39, 0.29) is 24.3 Å². The molecule has 0 bridgehead atoms. The van der Waals surface area contributed by atoms with Gasteiger partial charge in [0.25, 0.3) is 0 Å². The molecular formula is C16H26N2O3. The first kappa shape index (κ1) is 17.5. The Kier molecular flexibility index (Phi) is 7.79.